The SMILES string of the molecule is Cc1ccc(N2C(=N)/C(=C3\Nc4ccccc4S3)CC2=O)c(C)c1. The number of anilines is 2. The van der Waals surface area contributed by atoms with E-state index in [-0.39, 0.29) is 18.2 Å². The van der Waals surface area contributed by atoms with Crippen molar-refractivity contribution in [2.75, 3.05) is 10.2 Å². The van der Waals surface area contributed by atoms with Crippen LogP contribution >= 0.6 is 11.8 Å². The molecular formula is C19H17N3OS. The molecule has 0 unspecified atom stereocenters. The van der Waals surface area contributed by atoms with Gasteiger partial charge in [0.15, 0.2) is 0 Å². The van der Waals surface area contributed by atoms with Gasteiger partial charge in [-0.25, -0.2) is 0 Å². The average molecular weight is 335 g/mol. The highest BCUT2D eigenvalue weighted by Gasteiger charge is 2.36. The third-order valence-electron chi connectivity index (χ3n) is 4.30. The minimum atomic E-state index is -0.0483. The number of carbonyl (C=O) groups excluding carboxylic acids is 1. The minimum Gasteiger partial charge on any atom is -0.349 e. The molecule has 0 radical (unpaired) electrons. The molecule has 0 aromatic heterocycles. The van der Waals surface area contributed by atoms with Gasteiger partial charge in [0.05, 0.1) is 22.8 Å². The zero-order valence-corrected chi connectivity index (χ0v) is 14.3. The van der Waals surface area contributed by atoms with E-state index in [4.69, 9.17) is 5.41 Å². The molecule has 24 heavy (non-hydrogen) atoms. The molecule has 2 aromatic rings. The maximum Gasteiger partial charge on any atom is 0.237 e. The summed E-state index contributed by atoms with van der Waals surface area (Å²) in [5.74, 6) is 0.225. The lowest BCUT2D eigenvalue weighted by Gasteiger charge is -2.19. The van der Waals surface area contributed by atoms with Crippen LogP contribution in [0.4, 0.5) is 11.4 Å². The number of carbonyl (C=O) groups is 1. The number of hydrogen-bond acceptors (Lipinski definition) is 4. The summed E-state index contributed by atoms with van der Waals surface area (Å²) in [5.41, 5.74) is 4.76. The van der Waals surface area contributed by atoms with Crippen LogP contribution in [0.25, 0.3) is 0 Å². The van der Waals surface area contributed by atoms with Gasteiger partial charge in [0.2, 0.25) is 5.91 Å². The molecule has 1 saturated heterocycles. The summed E-state index contributed by atoms with van der Waals surface area (Å²) in [6, 6.07) is 14.0. The minimum absolute atomic E-state index is 0.0483. The molecule has 2 N–H and O–H groups in total. The average Bonchev–Trinajstić information content (AvgIpc) is 3.09. The summed E-state index contributed by atoms with van der Waals surface area (Å²) in [5, 5.41) is 12.8. The van der Waals surface area contributed by atoms with Gasteiger partial charge in [-0.15, -0.1) is 0 Å². The largest absolute Gasteiger partial charge is 0.349 e. The van der Waals surface area contributed by atoms with Gasteiger partial charge in [0, 0.05) is 10.5 Å². The molecule has 2 aromatic carbocycles. The molecule has 4 rings (SSSR count). The maximum absolute atomic E-state index is 12.6. The van der Waals surface area contributed by atoms with Gasteiger partial charge in [0.1, 0.15) is 5.84 Å². The van der Waals surface area contributed by atoms with E-state index in [0.29, 0.717) is 0 Å². The normalized spacial score (nSPS) is 19.7. The first kappa shape index (κ1) is 15.0. The van der Waals surface area contributed by atoms with Crippen LogP contribution in [0.15, 0.2) is 58.0 Å². The Kier molecular flexibility index (Phi) is 3.46. The van der Waals surface area contributed by atoms with Gasteiger partial charge in [-0.05, 0) is 37.6 Å². The Hall–Kier alpha value is -2.53. The van der Waals surface area contributed by atoms with Crippen molar-refractivity contribution in [2.24, 2.45) is 0 Å². The Morgan fingerprint density at radius 3 is 2.71 bits per heavy atom. The molecule has 1 fully saturated rings. The molecule has 4 nitrogen and oxygen atoms in total. The molecule has 120 valence electrons. The number of nitrogens with zero attached hydrogens (tertiary/aromatic N) is 1. The first-order chi connectivity index (χ1) is 11.5. The number of para-hydroxylation sites is 1. The van der Waals surface area contributed by atoms with Crippen molar-refractivity contribution in [3.8, 4) is 0 Å². The number of hydrogen-bond donors (Lipinski definition) is 2. The number of thioether (sulfide) groups is 1. The lowest BCUT2D eigenvalue weighted by atomic mass is 10.1. The van der Waals surface area contributed by atoms with Crippen LogP contribution in [0.2, 0.25) is 0 Å². The molecule has 2 aliphatic rings. The fourth-order valence-electron chi connectivity index (χ4n) is 3.13. The zero-order chi connectivity index (χ0) is 16.8. The quantitative estimate of drug-likeness (QED) is 0.809. The molecule has 0 bridgehead atoms. The van der Waals surface area contributed by atoms with E-state index >= 15 is 0 Å². The number of nitrogens with one attached hydrogen (secondary N) is 2. The summed E-state index contributed by atoms with van der Waals surface area (Å²) >= 11 is 1.59. The van der Waals surface area contributed by atoms with Gasteiger partial charge >= 0.3 is 0 Å². The highest BCUT2D eigenvalue weighted by Crippen LogP contribution is 2.44. The van der Waals surface area contributed by atoms with E-state index in [0.717, 1.165) is 38.0 Å². The molecule has 0 saturated carbocycles. The van der Waals surface area contributed by atoms with Gasteiger partial charge in [-0.1, -0.05) is 41.6 Å². The third kappa shape index (κ3) is 2.32. The lowest BCUT2D eigenvalue weighted by molar-refractivity contribution is -0.116. The van der Waals surface area contributed by atoms with Crippen LogP contribution < -0.4 is 10.2 Å². The van der Waals surface area contributed by atoms with E-state index in [9.17, 15) is 4.79 Å². The molecule has 2 aliphatic heterocycles. The van der Waals surface area contributed by atoms with Gasteiger partial charge in [0.25, 0.3) is 0 Å². The molecule has 1 amide bonds. The second-order valence-corrected chi connectivity index (χ2v) is 7.13. The standard InChI is InChI=1S/C19H17N3OS/c1-11-7-8-15(12(2)9-11)22-17(23)10-13(18(22)20)19-21-14-5-3-4-6-16(14)24-19/h3-9,20-21H,10H2,1-2H3/b19-13+,20-18?. The number of amidine groups is 1. The Labute approximate surface area is 145 Å². The highest BCUT2D eigenvalue weighted by atomic mass is 32.2. The van der Waals surface area contributed by atoms with Crippen molar-refractivity contribution in [1.82, 2.24) is 0 Å². The van der Waals surface area contributed by atoms with Crippen LogP contribution in [0.1, 0.15) is 17.5 Å². The Morgan fingerprint density at radius 1 is 1.17 bits per heavy atom. The van der Waals surface area contributed by atoms with E-state index in [1.807, 2.05) is 56.3 Å². The number of rotatable bonds is 1. The summed E-state index contributed by atoms with van der Waals surface area (Å²) < 4.78 is 0. The monoisotopic (exact) mass is 335 g/mol. The number of fused-ring (bicyclic) bond motifs is 1. The Bertz CT molecular complexity index is 890. The fraction of sp³-hybridized carbons (Fsp3) is 0.158. The molecule has 0 atom stereocenters. The Balaban J connectivity index is 1.71. The Morgan fingerprint density at radius 2 is 1.96 bits per heavy atom. The van der Waals surface area contributed by atoms with Crippen molar-refractivity contribution >= 4 is 34.9 Å². The van der Waals surface area contributed by atoms with Gasteiger partial charge in [-0.2, -0.15) is 0 Å². The summed E-state index contributed by atoms with van der Waals surface area (Å²) in [7, 11) is 0. The summed E-state index contributed by atoms with van der Waals surface area (Å²) in [4.78, 5) is 15.2. The van der Waals surface area contributed by atoms with Crippen molar-refractivity contribution < 1.29 is 4.79 Å². The van der Waals surface area contributed by atoms with Crippen LogP contribution in [-0.4, -0.2) is 11.7 Å². The second kappa shape index (κ2) is 5.53. The number of aryl methyl sites for hydroxylation is 2. The van der Waals surface area contributed by atoms with Crippen molar-refractivity contribution in [2.45, 2.75) is 25.2 Å². The van der Waals surface area contributed by atoms with Crippen molar-refractivity contribution in [3.63, 3.8) is 0 Å². The topological polar surface area (TPSA) is 56.2 Å². The zero-order valence-electron chi connectivity index (χ0n) is 13.5. The summed E-state index contributed by atoms with van der Waals surface area (Å²) in [6.45, 7) is 4.00. The molecule has 2 heterocycles. The molecular weight excluding hydrogens is 318 g/mol. The van der Waals surface area contributed by atoms with Gasteiger partial charge in [-0.3, -0.25) is 15.1 Å². The number of amides is 1. The van der Waals surface area contributed by atoms with E-state index in [1.54, 1.807) is 11.8 Å². The fourth-order valence-corrected chi connectivity index (χ4v) is 4.17. The number of benzene rings is 2. The third-order valence-corrected chi connectivity index (χ3v) is 5.43. The summed E-state index contributed by atoms with van der Waals surface area (Å²) in [6.07, 6.45) is 0.259. The maximum atomic E-state index is 12.6. The molecule has 0 aliphatic carbocycles. The van der Waals surface area contributed by atoms with Crippen LogP contribution in [0, 0.1) is 19.3 Å². The first-order valence-electron chi connectivity index (χ1n) is 7.81. The first-order valence-corrected chi connectivity index (χ1v) is 8.62. The van der Waals surface area contributed by atoms with Crippen LogP contribution in [0.5, 0.6) is 0 Å². The predicted octanol–water partition coefficient (Wildman–Crippen LogP) is 4.45. The molecule has 0 spiro atoms. The molecule has 5 heteroatoms. The lowest BCUT2D eigenvalue weighted by Crippen LogP contribution is -2.29. The van der Waals surface area contributed by atoms with E-state index in [1.165, 1.54) is 4.90 Å². The highest BCUT2D eigenvalue weighted by molar-refractivity contribution is 8.03. The van der Waals surface area contributed by atoms with Gasteiger partial charge < -0.3 is 5.32 Å². The van der Waals surface area contributed by atoms with E-state index < -0.39 is 0 Å². The second-order valence-electron chi connectivity index (χ2n) is 6.08. The van der Waals surface area contributed by atoms with Crippen molar-refractivity contribution in [3.05, 3.63) is 64.2 Å². The predicted molar refractivity (Wildman–Crippen MR) is 98.7 cm³/mol. The van der Waals surface area contributed by atoms with Crippen molar-refractivity contribution in [1.29, 1.82) is 5.41 Å². The van der Waals surface area contributed by atoms with Crippen LogP contribution in [-0.2, 0) is 4.79 Å². The van der Waals surface area contributed by atoms with Crippen LogP contribution in [0.3, 0.4) is 0 Å². The van der Waals surface area contributed by atoms with E-state index in [2.05, 4.69) is 5.32 Å². The smallest absolute Gasteiger partial charge is 0.237 e.